The van der Waals surface area contributed by atoms with Crippen LogP contribution in [0.5, 0.6) is 0 Å². The molecule has 0 saturated heterocycles. The Morgan fingerprint density at radius 2 is 0.779 bits per heavy atom. The zero-order valence-corrected chi connectivity index (χ0v) is 38.8. The van der Waals surface area contributed by atoms with Gasteiger partial charge in [0.2, 0.25) is 17.7 Å². The number of carbonyl (C=O) groups is 3. The standard InChI is InChI=1S/C20H17NO3.C19H16N2O3.C17H15BrO2/c1-23-20(22)18-16(13-5-3-2-4-6-13)17(18)14-7-9-15(10-8-14)19-21-11-12-24-19;22-18(21-23)17-15(12-4-2-1-3-5-12)16(17)13-6-8-14(9-7-13)19-20-10-11-24-19;1-20-17(19)16-14(11-5-3-2-4-6-11)15(16)12-7-9-13(18)10-8-12/h2-12,16-18H,1H3;1-11,15-17,23H,(H,21,22);2-10,14-16H,1H3/t16-,17-,18-;15-,16-,17-;14-,15-,16-/m111/s1. The van der Waals surface area contributed by atoms with Crippen LogP contribution >= 0.6 is 15.9 Å². The molecule has 0 aliphatic heterocycles. The molecule has 0 spiro atoms. The molecule has 2 aromatic heterocycles. The molecule has 11 nitrogen and oxygen atoms in total. The molecule has 2 heterocycles. The monoisotopic (exact) mass is 969 g/mol. The first-order chi connectivity index (χ1) is 33.3. The smallest absolute Gasteiger partial charge is 0.309 e. The number of hydroxylamine groups is 1. The van der Waals surface area contributed by atoms with Crippen molar-refractivity contribution in [1.29, 1.82) is 0 Å². The van der Waals surface area contributed by atoms with Crippen LogP contribution in [0.2, 0.25) is 0 Å². The third-order valence-electron chi connectivity index (χ3n) is 13.2. The van der Waals surface area contributed by atoms with Crippen LogP contribution in [0.3, 0.4) is 0 Å². The Hall–Kier alpha value is -7.41. The molecule has 3 fully saturated rings. The van der Waals surface area contributed by atoms with Gasteiger partial charge in [-0.05, 0) is 69.8 Å². The van der Waals surface area contributed by atoms with E-state index in [4.69, 9.17) is 23.5 Å². The Morgan fingerprint density at radius 3 is 1.07 bits per heavy atom. The molecular formula is C56H48BrN3O8. The van der Waals surface area contributed by atoms with Gasteiger partial charge in [0.15, 0.2) is 0 Å². The number of carbonyl (C=O) groups excluding carboxylic acids is 3. The van der Waals surface area contributed by atoms with Gasteiger partial charge in [-0.1, -0.05) is 143 Å². The minimum Gasteiger partial charge on any atom is -0.469 e. The summed E-state index contributed by atoms with van der Waals surface area (Å²) in [5, 5.41) is 9.02. The molecule has 342 valence electrons. The number of oxazole rings is 2. The summed E-state index contributed by atoms with van der Waals surface area (Å²) in [6.07, 6.45) is 6.33. The van der Waals surface area contributed by atoms with Crippen molar-refractivity contribution in [1.82, 2.24) is 15.4 Å². The number of aromatic nitrogens is 2. The van der Waals surface area contributed by atoms with Crippen LogP contribution < -0.4 is 5.48 Å². The first-order valence-corrected chi connectivity index (χ1v) is 23.1. The Balaban J connectivity index is 0.000000128. The lowest BCUT2D eigenvalue weighted by molar-refractivity contribution is -0.143. The number of esters is 2. The Labute approximate surface area is 402 Å². The second-order valence-electron chi connectivity index (χ2n) is 17.0. The quantitative estimate of drug-likeness (QED) is 0.0727. The predicted molar refractivity (Wildman–Crippen MR) is 258 cm³/mol. The molecule has 0 radical (unpaired) electrons. The zero-order valence-electron chi connectivity index (χ0n) is 37.2. The number of methoxy groups -OCH3 is 2. The SMILES string of the molecule is COC(=O)[C@@H]1[C@H](c2ccccc2)[C@H]1c1ccc(-c2ncco2)cc1.COC(=O)[C@@H]1[C@H](c2ccccc2)[C@H]1c1ccc(Br)cc1.O=C(NO)[C@@H]1[C@H](c2ccccc2)[C@H]1c1ccc(-c2ncco2)cc1. The van der Waals surface area contributed by atoms with Crippen LogP contribution in [0.4, 0.5) is 0 Å². The molecule has 9 atom stereocenters. The van der Waals surface area contributed by atoms with Crippen molar-refractivity contribution < 1.29 is 37.9 Å². The third-order valence-corrected chi connectivity index (χ3v) is 13.7. The first-order valence-electron chi connectivity index (χ1n) is 22.3. The van der Waals surface area contributed by atoms with Gasteiger partial charge < -0.3 is 18.3 Å². The van der Waals surface area contributed by atoms with Crippen LogP contribution in [-0.4, -0.2) is 47.2 Å². The fraction of sp³-hybridized carbons (Fsp3) is 0.196. The molecule has 0 bridgehead atoms. The highest BCUT2D eigenvalue weighted by Gasteiger charge is 2.58. The van der Waals surface area contributed by atoms with Crippen molar-refractivity contribution >= 4 is 33.8 Å². The van der Waals surface area contributed by atoms with Gasteiger partial charge in [0.05, 0.1) is 44.4 Å². The van der Waals surface area contributed by atoms with E-state index in [0.717, 1.165) is 32.3 Å². The molecule has 68 heavy (non-hydrogen) atoms. The molecule has 0 unspecified atom stereocenters. The van der Waals surface area contributed by atoms with Crippen LogP contribution in [-0.2, 0) is 23.9 Å². The number of nitrogens with zero attached hydrogens (tertiary/aromatic N) is 2. The lowest BCUT2D eigenvalue weighted by Gasteiger charge is -2.02. The average Bonchev–Trinajstić information content (AvgIpc) is 4.34. The fourth-order valence-corrected chi connectivity index (χ4v) is 10.1. The van der Waals surface area contributed by atoms with Crippen molar-refractivity contribution in [2.75, 3.05) is 14.2 Å². The van der Waals surface area contributed by atoms with Gasteiger partial charge in [-0.15, -0.1) is 0 Å². The molecule has 3 aliphatic rings. The number of hydrogen-bond donors (Lipinski definition) is 2. The van der Waals surface area contributed by atoms with Gasteiger partial charge in [-0.3, -0.25) is 19.6 Å². The van der Waals surface area contributed by atoms with E-state index in [0.29, 0.717) is 11.8 Å². The van der Waals surface area contributed by atoms with Crippen LogP contribution in [0, 0.1) is 17.8 Å². The minimum atomic E-state index is -0.342. The maximum Gasteiger partial charge on any atom is 0.309 e. The predicted octanol–water partition coefficient (Wildman–Crippen LogP) is 11.5. The van der Waals surface area contributed by atoms with E-state index in [-0.39, 0.29) is 71.1 Å². The molecule has 8 aromatic rings. The second kappa shape index (κ2) is 20.6. The molecule has 2 N–H and O–H groups in total. The molecule has 3 saturated carbocycles. The van der Waals surface area contributed by atoms with Gasteiger partial charge in [0.1, 0.15) is 12.5 Å². The van der Waals surface area contributed by atoms with Gasteiger partial charge in [-0.2, -0.15) is 0 Å². The molecule has 1 amide bonds. The normalized spacial score (nSPS) is 22.7. The Morgan fingerprint density at radius 1 is 0.471 bits per heavy atom. The van der Waals surface area contributed by atoms with E-state index in [1.54, 1.807) is 24.1 Å². The highest BCUT2D eigenvalue weighted by molar-refractivity contribution is 9.10. The topological polar surface area (TPSA) is 154 Å². The lowest BCUT2D eigenvalue weighted by atomic mass is 10.0. The first kappa shape index (κ1) is 45.7. The summed E-state index contributed by atoms with van der Waals surface area (Å²) in [7, 11) is 2.91. The Bertz CT molecular complexity index is 2750. The minimum absolute atomic E-state index is 0.0539. The Kier molecular flexibility index (Phi) is 13.9. The van der Waals surface area contributed by atoms with Crippen molar-refractivity contribution in [2.24, 2.45) is 17.8 Å². The maximum absolute atomic E-state index is 12.1. The highest BCUT2D eigenvalue weighted by Crippen LogP contribution is 2.62. The van der Waals surface area contributed by atoms with Gasteiger partial charge in [0.25, 0.3) is 0 Å². The summed E-state index contributed by atoms with van der Waals surface area (Å²) in [5.41, 5.74) is 10.5. The summed E-state index contributed by atoms with van der Waals surface area (Å²) in [6, 6.07) is 54.3. The van der Waals surface area contributed by atoms with Crippen LogP contribution in [0.25, 0.3) is 22.9 Å². The number of ether oxygens (including phenoxy) is 2. The summed E-state index contributed by atoms with van der Waals surface area (Å²) in [4.78, 5) is 44.4. The summed E-state index contributed by atoms with van der Waals surface area (Å²) < 4.78 is 21.6. The maximum atomic E-state index is 12.1. The number of amides is 1. The zero-order chi connectivity index (χ0) is 47.1. The van der Waals surface area contributed by atoms with E-state index < -0.39 is 0 Å². The second-order valence-corrected chi connectivity index (χ2v) is 17.9. The van der Waals surface area contributed by atoms with Crippen LogP contribution in [0.1, 0.15) is 68.9 Å². The van der Waals surface area contributed by atoms with E-state index in [1.807, 2.05) is 127 Å². The van der Waals surface area contributed by atoms with Crippen LogP contribution in [0.15, 0.2) is 202 Å². The van der Waals surface area contributed by atoms with Crippen molar-refractivity contribution in [3.63, 3.8) is 0 Å². The number of hydrogen-bond acceptors (Lipinski definition) is 10. The van der Waals surface area contributed by atoms with E-state index >= 15 is 0 Å². The number of halogens is 1. The largest absolute Gasteiger partial charge is 0.469 e. The van der Waals surface area contributed by atoms with Crippen molar-refractivity contribution in [3.05, 3.63) is 227 Å². The molecule has 12 heteroatoms. The average molecular weight is 971 g/mol. The van der Waals surface area contributed by atoms with Crippen molar-refractivity contribution in [3.8, 4) is 22.9 Å². The lowest BCUT2D eigenvalue weighted by Crippen LogP contribution is -2.21. The fourth-order valence-electron chi connectivity index (χ4n) is 9.82. The van der Waals surface area contributed by atoms with E-state index in [2.05, 4.69) is 62.3 Å². The highest BCUT2D eigenvalue weighted by atomic mass is 79.9. The summed E-state index contributed by atoms with van der Waals surface area (Å²) in [5.74, 6) is 1.02. The number of benzene rings is 6. The molecular weight excluding hydrogens is 923 g/mol. The molecule has 3 aliphatic carbocycles. The summed E-state index contributed by atoms with van der Waals surface area (Å²) >= 11 is 3.44. The molecule has 11 rings (SSSR count). The van der Waals surface area contributed by atoms with E-state index in [1.165, 1.54) is 37.2 Å². The van der Waals surface area contributed by atoms with Gasteiger partial charge >= 0.3 is 11.9 Å². The van der Waals surface area contributed by atoms with E-state index in [9.17, 15) is 14.4 Å². The number of nitrogens with one attached hydrogen (secondary N) is 1. The van der Waals surface area contributed by atoms with Gasteiger partial charge in [0, 0.05) is 51.1 Å². The summed E-state index contributed by atoms with van der Waals surface area (Å²) in [6.45, 7) is 0. The number of rotatable bonds is 11. The van der Waals surface area contributed by atoms with Crippen molar-refractivity contribution in [2.45, 2.75) is 35.5 Å². The van der Waals surface area contributed by atoms with Gasteiger partial charge in [-0.25, -0.2) is 15.4 Å². The molecule has 6 aromatic carbocycles. The third kappa shape index (κ3) is 9.83.